The van der Waals surface area contributed by atoms with Gasteiger partial charge in [0.15, 0.2) is 0 Å². The van der Waals surface area contributed by atoms with Crippen molar-refractivity contribution in [3.8, 4) is 5.75 Å². The number of morpholine rings is 1. The van der Waals surface area contributed by atoms with Crippen LogP contribution < -0.4 is 0 Å². The summed E-state index contributed by atoms with van der Waals surface area (Å²) < 4.78 is 7.30. The van der Waals surface area contributed by atoms with Crippen molar-refractivity contribution in [2.75, 3.05) is 39.4 Å². The van der Waals surface area contributed by atoms with Gasteiger partial charge in [-0.05, 0) is 63.7 Å². The molecule has 1 aliphatic rings. The van der Waals surface area contributed by atoms with Crippen molar-refractivity contribution < 1.29 is 9.84 Å². The van der Waals surface area contributed by atoms with E-state index in [4.69, 9.17) is 4.74 Å². The van der Waals surface area contributed by atoms with Crippen LogP contribution in [0.15, 0.2) is 17.1 Å². The van der Waals surface area contributed by atoms with E-state index in [0.29, 0.717) is 5.75 Å². The molecule has 0 spiro atoms. The summed E-state index contributed by atoms with van der Waals surface area (Å²) in [6, 6.07) is 3.90. The molecule has 0 aliphatic carbocycles. The third kappa shape index (κ3) is 5.12. The van der Waals surface area contributed by atoms with Gasteiger partial charge in [0.1, 0.15) is 5.75 Å². The van der Waals surface area contributed by atoms with Gasteiger partial charge in [-0.15, -0.1) is 0 Å². The maximum atomic E-state index is 9.96. The van der Waals surface area contributed by atoms with E-state index in [1.165, 1.54) is 0 Å². The van der Waals surface area contributed by atoms with Crippen LogP contribution in [0.5, 0.6) is 5.75 Å². The second-order valence-corrected chi connectivity index (χ2v) is 7.08. The Kier molecular flexibility index (Phi) is 6.99. The Labute approximate surface area is 146 Å². The molecule has 1 fully saturated rings. The Hall–Kier alpha value is 0.0700. The highest BCUT2D eigenvalue weighted by atomic mass is 127. The summed E-state index contributed by atoms with van der Waals surface area (Å²) >= 11 is 4.39. The van der Waals surface area contributed by atoms with Crippen LogP contribution in [0.25, 0.3) is 0 Å². The van der Waals surface area contributed by atoms with Crippen molar-refractivity contribution in [3.05, 3.63) is 24.8 Å². The maximum Gasteiger partial charge on any atom is 0.137 e. The average Bonchev–Trinajstić information content (AvgIpc) is 2.44. The number of nitrogens with zero attached hydrogens (tertiary/aromatic N) is 2. The number of ether oxygens (including phenoxy) is 1. The molecule has 20 heavy (non-hydrogen) atoms. The van der Waals surface area contributed by atoms with Gasteiger partial charge in [0, 0.05) is 41.5 Å². The van der Waals surface area contributed by atoms with Crippen molar-refractivity contribution in [2.45, 2.75) is 6.42 Å². The molecule has 1 aliphatic heterocycles. The van der Waals surface area contributed by atoms with E-state index >= 15 is 0 Å². The zero-order valence-corrected chi connectivity index (χ0v) is 15.5. The largest absolute Gasteiger partial charge is 0.506 e. The van der Waals surface area contributed by atoms with E-state index < -0.39 is 0 Å². The highest BCUT2D eigenvalue weighted by molar-refractivity contribution is 14.1. The minimum Gasteiger partial charge on any atom is -0.506 e. The van der Waals surface area contributed by atoms with E-state index in [0.717, 1.165) is 58.5 Å². The fraction of sp³-hybridized carbons (Fsp3) is 0.500. The van der Waals surface area contributed by atoms with Crippen LogP contribution in [-0.4, -0.2) is 55.6 Å². The molecular weight excluding hydrogens is 482 g/mol. The molecule has 110 valence electrons. The summed E-state index contributed by atoms with van der Waals surface area (Å²) in [5.41, 5.74) is 0.799. The number of aliphatic imine (C=N–C) groups is 1. The first kappa shape index (κ1) is 16.4. The standard InChI is InChI=1S/C14H18I2N2O2/c15-12-8-11(14(19)13(16)9-12)10-17-2-1-3-18-4-6-20-7-5-18/h8-10,19H,1-7H2. The minimum absolute atomic E-state index is 0.322. The highest BCUT2D eigenvalue weighted by Gasteiger charge is 2.09. The third-order valence-electron chi connectivity index (χ3n) is 3.15. The second kappa shape index (κ2) is 8.50. The van der Waals surface area contributed by atoms with Gasteiger partial charge in [-0.1, -0.05) is 0 Å². The summed E-state index contributed by atoms with van der Waals surface area (Å²) in [5.74, 6) is 0.322. The zero-order valence-electron chi connectivity index (χ0n) is 11.2. The maximum absolute atomic E-state index is 9.96. The predicted molar refractivity (Wildman–Crippen MR) is 97.9 cm³/mol. The number of aromatic hydroxyl groups is 1. The molecule has 1 saturated heterocycles. The van der Waals surface area contributed by atoms with Crippen molar-refractivity contribution in [1.29, 1.82) is 0 Å². The SMILES string of the molecule is Oc1c(I)cc(I)cc1C=NCCCN1CCOCC1. The lowest BCUT2D eigenvalue weighted by Crippen LogP contribution is -2.37. The van der Waals surface area contributed by atoms with E-state index in [1.54, 1.807) is 6.21 Å². The van der Waals surface area contributed by atoms with Crippen molar-refractivity contribution in [2.24, 2.45) is 4.99 Å². The fourth-order valence-corrected chi connectivity index (χ4v) is 3.95. The lowest BCUT2D eigenvalue weighted by Gasteiger charge is -2.26. The Morgan fingerprint density at radius 2 is 2.05 bits per heavy atom. The van der Waals surface area contributed by atoms with E-state index in [2.05, 4.69) is 55.1 Å². The quantitative estimate of drug-likeness (QED) is 0.385. The Bertz CT molecular complexity index is 474. The predicted octanol–water partition coefficient (Wildman–Crippen LogP) is 2.74. The summed E-state index contributed by atoms with van der Waals surface area (Å²) in [6.07, 6.45) is 2.82. The lowest BCUT2D eigenvalue weighted by molar-refractivity contribution is 0.0377. The van der Waals surface area contributed by atoms with E-state index in [1.807, 2.05) is 12.1 Å². The third-order valence-corrected chi connectivity index (χ3v) is 4.60. The summed E-state index contributed by atoms with van der Waals surface area (Å²) in [4.78, 5) is 6.83. The molecule has 0 bridgehead atoms. The number of hydrogen-bond donors (Lipinski definition) is 1. The number of phenolic OH excluding ortho intramolecular Hbond substituents is 1. The topological polar surface area (TPSA) is 45.1 Å². The summed E-state index contributed by atoms with van der Waals surface area (Å²) in [6.45, 7) is 5.60. The molecule has 6 heteroatoms. The number of halogens is 2. The van der Waals surface area contributed by atoms with Gasteiger partial charge in [0.05, 0.1) is 16.8 Å². The van der Waals surface area contributed by atoms with Crippen molar-refractivity contribution >= 4 is 51.4 Å². The number of phenols is 1. The van der Waals surface area contributed by atoms with E-state index in [-0.39, 0.29) is 0 Å². The molecule has 1 aromatic rings. The number of hydrogen-bond acceptors (Lipinski definition) is 4. The van der Waals surface area contributed by atoms with Crippen LogP contribution in [-0.2, 0) is 4.74 Å². The molecule has 0 unspecified atom stereocenters. The van der Waals surface area contributed by atoms with Crippen LogP contribution in [0, 0.1) is 7.14 Å². The first-order valence-electron chi connectivity index (χ1n) is 6.65. The number of benzene rings is 1. The molecular formula is C14H18I2N2O2. The van der Waals surface area contributed by atoms with Gasteiger partial charge in [0.25, 0.3) is 0 Å². The molecule has 0 atom stereocenters. The summed E-state index contributed by atoms with van der Waals surface area (Å²) in [7, 11) is 0. The van der Waals surface area contributed by atoms with Gasteiger partial charge in [-0.2, -0.15) is 0 Å². The molecule has 2 rings (SSSR count). The normalized spacial score (nSPS) is 16.9. The van der Waals surface area contributed by atoms with Gasteiger partial charge < -0.3 is 9.84 Å². The highest BCUT2D eigenvalue weighted by Crippen LogP contribution is 2.25. The van der Waals surface area contributed by atoms with Crippen LogP contribution >= 0.6 is 45.2 Å². The first-order valence-corrected chi connectivity index (χ1v) is 8.80. The van der Waals surface area contributed by atoms with Gasteiger partial charge in [0.2, 0.25) is 0 Å². The van der Waals surface area contributed by atoms with Crippen molar-refractivity contribution in [3.63, 3.8) is 0 Å². The second-order valence-electron chi connectivity index (χ2n) is 4.67. The molecule has 1 heterocycles. The Morgan fingerprint density at radius 1 is 1.30 bits per heavy atom. The molecule has 0 saturated carbocycles. The molecule has 4 nitrogen and oxygen atoms in total. The van der Waals surface area contributed by atoms with Gasteiger partial charge in [-0.3, -0.25) is 9.89 Å². The molecule has 1 N–H and O–H groups in total. The van der Waals surface area contributed by atoms with Gasteiger partial charge in [-0.25, -0.2) is 0 Å². The van der Waals surface area contributed by atoms with Crippen LogP contribution in [0.3, 0.4) is 0 Å². The van der Waals surface area contributed by atoms with Crippen LogP contribution in [0.2, 0.25) is 0 Å². The first-order chi connectivity index (χ1) is 9.66. The Balaban J connectivity index is 1.78. The smallest absolute Gasteiger partial charge is 0.137 e. The van der Waals surface area contributed by atoms with Crippen LogP contribution in [0.1, 0.15) is 12.0 Å². The fourth-order valence-electron chi connectivity index (χ4n) is 2.06. The molecule has 1 aromatic carbocycles. The van der Waals surface area contributed by atoms with Crippen LogP contribution in [0.4, 0.5) is 0 Å². The van der Waals surface area contributed by atoms with E-state index in [9.17, 15) is 5.11 Å². The minimum atomic E-state index is 0.322. The lowest BCUT2D eigenvalue weighted by atomic mass is 10.2. The zero-order chi connectivity index (χ0) is 14.4. The molecule has 0 radical (unpaired) electrons. The van der Waals surface area contributed by atoms with Gasteiger partial charge >= 0.3 is 0 Å². The average molecular weight is 500 g/mol. The Morgan fingerprint density at radius 3 is 2.80 bits per heavy atom. The number of rotatable bonds is 5. The monoisotopic (exact) mass is 500 g/mol. The summed E-state index contributed by atoms with van der Waals surface area (Å²) in [5, 5.41) is 9.96. The molecule has 0 amide bonds. The van der Waals surface area contributed by atoms with Crippen molar-refractivity contribution in [1.82, 2.24) is 4.90 Å². The molecule has 0 aromatic heterocycles.